The number of ether oxygens (including phenoxy) is 2. The van der Waals surface area contributed by atoms with Gasteiger partial charge in [-0.3, -0.25) is 9.59 Å². The van der Waals surface area contributed by atoms with E-state index in [1.807, 2.05) is 24.3 Å². The summed E-state index contributed by atoms with van der Waals surface area (Å²) in [6, 6.07) is 15.9. The van der Waals surface area contributed by atoms with E-state index >= 15 is 0 Å². The number of carboxylic acids is 1. The number of aliphatic carboxylic acids is 1. The maximum Gasteiger partial charge on any atom is 0.407 e. The minimum atomic E-state index is -0.956. The minimum Gasteiger partial charge on any atom is -0.481 e. The van der Waals surface area contributed by atoms with Crippen LogP contribution in [-0.4, -0.2) is 78.9 Å². The van der Waals surface area contributed by atoms with Crippen molar-refractivity contribution < 1.29 is 29.0 Å². The van der Waals surface area contributed by atoms with Gasteiger partial charge in [0.15, 0.2) is 0 Å². The van der Waals surface area contributed by atoms with E-state index in [1.54, 1.807) is 7.05 Å². The number of carbonyl (C=O) groups is 3. The summed E-state index contributed by atoms with van der Waals surface area (Å²) in [4.78, 5) is 37.3. The average molecular weight is 485 g/mol. The van der Waals surface area contributed by atoms with E-state index in [-0.39, 0.29) is 37.4 Å². The van der Waals surface area contributed by atoms with Crippen molar-refractivity contribution in [1.29, 1.82) is 0 Å². The lowest BCUT2D eigenvalue weighted by Gasteiger charge is -2.26. The first-order chi connectivity index (χ1) is 16.5. The van der Waals surface area contributed by atoms with Gasteiger partial charge < -0.3 is 24.8 Å². The Morgan fingerprint density at radius 3 is 2.38 bits per heavy atom. The Labute approximate surface area is 202 Å². The third-order valence-electron chi connectivity index (χ3n) is 6.34. The molecule has 2 unspecified atom stereocenters. The predicted molar refractivity (Wildman–Crippen MR) is 129 cm³/mol. The number of hydrogen-bond acceptors (Lipinski definition) is 6. The van der Waals surface area contributed by atoms with Gasteiger partial charge in [-0.15, -0.1) is 0 Å². The summed E-state index contributed by atoms with van der Waals surface area (Å²) in [5, 5.41) is 12.0. The molecule has 8 nitrogen and oxygen atoms in total. The highest BCUT2D eigenvalue weighted by atomic mass is 32.2. The van der Waals surface area contributed by atoms with E-state index in [0.29, 0.717) is 12.3 Å². The standard InChI is InChI=1S/C25H28N2O6S/c1-27(22-14-32-12-21(22)24(29)30)23(28)15-34-11-10-26-25(31)33-13-20-18-8-4-2-6-16(18)17-7-3-5-9-19(17)20/h2-9,20-22H,10-15H2,1H3,(H,26,31)(H,29,30). The Kier molecular flexibility index (Phi) is 7.74. The number of rotatable bonds is 9. The molecule has 1 heterocycles. The molecular formula is C25H28N2O6S. The molecule has 4 rings (SSSR count). The number of hydrogen-bond donors (Lipinski definition) is 2. The van der Waals surface area contributed by atoms with E-state index < -0.39 is 24.0 Å². The molecule has 0 radical (unpaired) electrons. The van der Waals surface area contributed by atoms with Crippen LogP contribution in [0, 0.1) is 5.92 Å². The predicted octanol–water partition coefficient (Wildman–Crippen LogP) is 2.82. The molecule has 2 aromatic rings. The van der Waals surface area contributed by atoms with Gasteiger partial charge in [-0.1, -0.05) is 48.5 Å². The number of nitrogens with zero attached hydrogens (tertiary/aromatic N) is 1. The van der Waals surface area contributed by atoms with Crippen molar-refractivity contribution in [3.8, 4) is 11.1 Å². The van der Waals surface area contributed by atoms with Crippen LogP contribution in [0.2, 0.25) is 0 Å². The molecule has 34 heavy (non-hydrogen) atoms. The highest BCUT2D eigenvalue weighted by Crippen LogP contribution is 2.44. The Morgan fingerprint density at radius 2 is 1.74 bits per heavy atom. The summed E-state index contributed by atoms with van der Waals surface area (Å²) in [6.45, 7) is 0.967. The summed E-state index contributed by atoms with van der Waals surface area (Å²) >= 11 is 1.38. The van der Waals surface area contributed by atoms with Crippen LogP contribution >= 0.6 is 11.8 Å². The van der Waals surface area contributed by atoms with Crippen molar-refractivity contribution in [2.24, 2.45) is 5.92 Å². The maximum absolute atomic E-state index is 12.4. The van der Waals surface area contributed by atoms with Crippen molar-refractivity contribution in [3.63, 3.8) is 0 Å². The summed E-state index contributed by atoms with van der Waals surface area (Å²) in [7, 11) is 1.60. The number of likely N-dealkylation sites (N-methyl/N-ethyl adjacent to an activating group) is 1. The quantitative estimate of drug-likeness (QED) is 0.528. The minimum absolute atomic E-state index is 0.00915. The zero-order valence-corrected chi connectivity index (χ0v) is 19.8. The molecule has 2 aliphatic rings. The molecular weight excluding hydrogens is 456 g/mol. The van der Waals surface area contributed by atoms with Gasteiger partial charge in [0.2, 0.25) is 5.91 Å². The largest absolute Gasteiger partial charge is 0.481 e. The first-order valence-electron chi connectivity index (χ1n) is 11.2. The number of carboxylic acid groups (broad SMARTS) is 1. The number of nitrogens with one attached hydrogen (secondary N) is 1. The second-order valence-electron chi connectivity index (χ2n) is 8.36. The number of carbonyl (C=O) groups excluding carboxylic acids is 2. The number of thioether (sulfide) groups is 1. The fourth-order valence-electron chi connectivity index (χ4n) is 4.48. The molecule has 2 atom stereocenters. The average Bonchev–Trinajstić information content (AvgIpc) is 3.45. The zero-order valence-electron chi connectivity index (χ0n) is 18.9. The molecule has 9 heteroatoms. The van der Waals surface area contributed by atoms with Gasteiger partial charge in [0.1, 0.15) is 12.5 Å². The summed E-state index contributed by atoms with van der Waals surface area (Å²) in [5.41, 5.74) is 4.67. The SMILES string of the molecule is CN(C(=O)CSCCNC(=O)OCC1c2ccccc2-c2ccccc21)C1COCC1C(=O)O. The van der Waals surface area contributed by atoms with Crippen LogP contribution in [0.4, 0.5) is 4.79 Å². The fraction of sp³-hybridized carbons (Fsp3) is 0.400. The normalized spacial score (nSPS) is 18.7. The van der Waals surface area contributed by atoms with Crippen LogP contribution in [-0.2, 0) is 19.1 Å². The monoisotopic (exact) mass is 484 g/mol. The number of alkyl carbamates (subject to hydrolysis) is 1. The van der Waals surface area contributed by atoms with Crippen LogP contribution in [0.5, 0.6) is 0 Å². The van der Waals surface area contributed by atoms with E-state index in [2.05, 4.69) is 29.6 Å². The second kappa shape index (κ2) is 10.9. The van der Waals surface area contributed by atoms with E-state index in [9.17, 15) is 19.5 Å². The lowest BCUT2D eigenvalue weighted by Crippen LogP contribution is -2.44. The smallest absolute Gasteiger partial charge is 0.407 e. The molecule has 0 saturated carbocycles. The van der Waals surface area contributed by atoms with E-state index in [1.165, 1.54) is 27.8 Å². The molecule has 2 N–H and O–H groups in total. The number of fused-ring (bicyclic) bond motifs is 3. The van der Waals surface area contributed by atoms with Crippen LogP contribution in [0.25, 0.3) is 11.1 Å². The summed E-state index contributed by atoms with van der Waals surface area (Å²) < 4.78 is 10.7. The van der Waals surface area contributed by atoms with Gasteiger partial charge in [-0.25, -0.2) is 4.79 Å². The van der Waals surface area contributed by atoms with Crippen molar-refractivity contribution in [1.82, 2.24) is 10.2 Å². The van der Waals surface area contributed by atoms with Gasteiger partial charge in [-0.2, -0.15) is 11.8 Å². The lowest BCUT2D eigenvalue weighted by molar-refractivity contribution is -0.144. The molecule has 2 amide bonds. The van der Waals surface area contributed by atoms with E-state index in [4.69, 9.17) is 9.47 Å². The van der Waals surface area contributed by atoms with Crippen molar-refractivity contribution >= 4 is 29.7 Å². The van der Waals surface area contributed by atoms with Crippen LogP contribution in [0.1, 0.15) is 17.0 Å². The number of benzene rings is 2. The highest BCUT2D eigenvalue weighted by Gasteiger charge is 2.38. The molecule has 1 fully saturated rings. The van der Waals surface area contributed by atoms with E-state index in [0.717, 1.165) is 11.1 Å². The van der Waals surface area contributed by atoms with Crippen molar-refractivity contribution in [3.05, 3.63) is 59.7 Å². The van der Waals surface area contributed by atoms with Gasteiger partial charge in [0.05, 0.1) is 25.0 Å². The summed E-state index contributed by atoms with van der Waals surface area (Å²) in [6.07, 6.45) is -0.488. The van der Waals surface area contributed by atoms with Crippen molar-refractivity contribution in [2.75, 3.05) is 44.9 Å². The first-order valence-corrected chi connectivity index (χ1v) is 12.4. The Morgan fingerprint density at radius 1 is 1.09 bits per heavy atom. The molecule has 1 aliphatic carbocycles. The second-order valence-corrected chi connectivity index (χ2v) is 9.46. The van der Waals surface area contributed by atoms with Gasteiger partial charge >= 0.3 is 12.1 Å². The Bertz CT molecular complexity index is 1020. The third kappa shape index (κ3) is 5.20. The topological polar surface area (TPSA) is 105 Å². The van der Waals surface area contributed by atoms with Gasteiger partial charge in [0.25, 0.3) is 0 Å². The molecule has 180 valence electrons. The zero-order chi connectivity index (χ0) is 24.1. The number of amides is 2. The lowest BCUT2D eigenvalue weighted by atomic mass is 9.98. The van der Waals surface area contributed by atoms with Crippen molar-refractivity contribution in [2.45, 2.75) is 12.0 Å². The maximum atomic E-state index is 12.4. The van der Waals surface area contributed by atoms with Crippen LogP contribution in [0.15, 0.2) is 48.5 Å². The molecule has 0 aromatic heterocycles. The molecule has 0 bridgehead atoms. The fourth-order valence-corrected chi connectivity index (χ4v) is 5.25. The highest BCUT2D eigenvalue weighted by molar-refractivity contribution is 7.99. The third-order valence-corrected chi connectivity index (χ3v) is 7.29. The molecule has 0 spiro atoms. The van der Waals surface area contributed by atoms with Gasteiger partial charge in [-0.05, 0) is 22.3 Å². The molecule has 2 aromatic carbocycles. The molecule has 1 aliphatic heterocycles. The van der Waals surface area contributed by atoms with Crippen LogP contribution in [0.3, 0.4) is 0 Å². The summed E-state index contributed by atoms with van der Waals surface area (Å²) in [5.74, 6) is -1.07. The Balaban J connectivity index is 1.17. The Hall–Kier alpha value is -3.04. The van der Waals surface area contributed by atoms with Crippen LogP contribution < -0.4 is 5.32 Å². The van der Waals surface area contributed by atoms with Gasteiger partial charge in [0, 0.05) is 25.3 Å². The first kappa shape index (κ1) is 24.1. The molecule has 1 saturated heterocycles.